The van der Waals surface area contributed by atoms with Gasteiger partial charge in [0, 0.05) is 82.5 Å². The number of carbonyl (C=O) groups excluding carboxylic acids is 2. The number of rotatable bonds is 11. The summed E-state index contributed by atoms with van der Waals surface area (Å²) in [6.07, 6.45) is -4.01. The summed E-state index contributed by atoms with van der Waals surface area (Å²) < 4.78 is 37.8. The van der Waals surface area contributed by atoms with Crippen molar-refractivity contribution in [1.82, 2.24) is 4.90 Å². The van der Waals surface area contributed by atoms with E-state index < -0.39 is 88.3 Å². The lowest BCUT2D eigenvalue weighted by Gasteiger charge is -2.70. The Hall–Kier alpha value is -2.16. The molecule has 1 aromatic rings. The van der Waals surface area contributed by atoms with Crippen LogP contribution in [0.15, 0.2) is 30.3 Å². The van der Waals surface area contributed by atoms with Crippen LogP contribution in [0.4, 0.5) is 0 Å². The van der Waals surface area contributed by atoms with E-state index in [4.69, 9.17) is 28.4 Å². The van der Waals surface area contributed by atoms with Crippen molar-refractivity contribution < 1.29 is 53.3 Å². The van der Waals surface area contributed by atoms with Crippen LogP contribution in [-0.4, -0.2) is 135 Å². The lowest BCUT2D eigenvalue weighted by atomic mass is 9.42. The van der Waals surface area contributed by atoms with E-state index in [2.05, 4.69) is 4.90 Å². The van der Waals surface area contributed by atoms with Gasteiger partial charge in [0.05, 0.1) is 30.5 Å². The predicted molar refractivity (Wildman–Crippen MR) is 170 cm³/mol. The Labute approximate surface area is 281 Å². The van der Waals surface area contributed by atoms with Crippen molar-refractivity contribution in [2.24, 2.45) is 34.5 Å². The molecule has 15 atom stereocenters. The maximum absolute atomic E-state index is 13.9. The summed E-state index contributed by atoms with van der Waals surface area (Å²) in [6.45, 7) is 2.70. The molecule has 266 valence electrons. The van der Waals surface area contributed by atoms with E-state index >= 15 is 0 Å². The Bertz CT molecular complexity index is 1400. The number of benzene rings is 1. The predicted octanol–water partition coefficient (Wildman–Crippen LogP) is 1.43. The summed E-state index contributed by atoms with van der Waals surface area (Å²) >= 11 is 0. The van der Waals surface area contributed by atoms with Crippen LogP contribution in [0.3, 0.4) is 0 Å². The molecule has 1 unspecified atom stereocenters. The van der Waals surface area contributed by atoms with Crippen LogP contribution in [0.25, 0.3) is 0 Å². The molecule has 0 radical (unpaired) electrons. The molecular weight excluding hydrogens is 622 g/mol. The van der Waals surface area contributed by atoms with E-state index in [1.54, 1.807) is 51.7 Å². The number of ether oxygens (including phenoxy) is 6. The molecule has 48 heavy (non-hydrogen) atoms. The maximum Gasteiger partial charge on any atom is 0.338 e. The zero-order valence-electron chi connectivity index (χ0n) is 28.7. The van der Waals surface area contributed by atoms with Crippen LogP contribution in [-0.2, 0) is 33.2 Å². The number of unbranched alkanes of at least 4 members (excludes halogenated alkanes) is 1. The molecule has 0 amide bonds. The molecule has 1 saturated heterocycles. The second kappa shape index (κ2) is 12.0. The van der Waals surface area contributed by atoms with Crippen LogP contribution in [0.1, 0.15) is 49.4 Å². The van der Waals surface area contributed by atoms with E-state index in [-0.39, 0.29) is 31.4 Å². The van der Waals surface area contributed by atoms with Crippen LogP contribution >= 0.6 is 0 Å². The molecule has 12 nitrogen and oxygen atoms in total. The second-order valence-corrected chi connectivity index (χ2v) is 15.3. The highest BCUT2D eigenvalue weighted by Gasteiger charge is 2.92. The fourth-order valence-electron chi connectivity index (χ4n) is 12.5. The van der Waals surface area contributed by atoms with Gasteiger partial charge in [-0.3, -0.25) is 4.79 Å². The molecular formula is C36H51NO11. The van der Waals surface area contributed by atoms with Gasteiger partial charge in [-0.2, -0.15) is 0 Å². The first-order valence-corrected chi connectivity index (χ1v) is 17.3. The van der Waals surface area contributed by atoms with E-state index in [1.807, 2.05) is 14.0 Å². The van der Waals surface area contributed by atoms with E-state index in [9.17, 15) is 24.9 Å². The molecule has 12 heteroatoms. The molecule has 6 fully saturated rings. The SMILES string of the molecule is CCCCC(=O)O[C@]12[C@H]3[C@@H](OC(=O)c4ccccc4)[C@](O)(C[C@H]3[C@@]34C5[C@@H]1[C@H](OC)[C@@H]3[C@](COC)(CN5C)[C@H](O)C[C@@H]4OC)[C@@H](OC)[C@@H]2O. The minimum Gasteiger partial charge on any atom is -0.455 e. The third kappa shape index (κ3) is 4.06. The van der Waals surface area contributed by atoms with Crippen molar-refractivity contribution in [3.8, 4) is 0 Å². The number of fused-ring (bicyclic) bond motifs is 2. The smallest absolute Gasteiger partial charge is 0.338 e. The van der Waals surface area contributed by atoms with E-state index in [0.717, 1.165) is 6.42 Å². The van der Waals surface area contributed by atoms with Crippen LogP contribution in [0.5, 0.6) is 0 Å². The lowest BCUT2D eigenvalue weighted by Crippen LogP contribution is -2.81. The Morgan fingerprint density at radius 3 is 2.35 bits per heavy atom. The molecule has 5 aliphatic carbocycles. The van der Waals surface area contributed by atoms with E-state index in [1.165, 1.54) is 7.11 Å². The number of hydrogen-bond donors (Lipinski definition) is 3. The van der Waals surface area contributed by atoms with Crippen LogP contribution in [0, 0.1) is 34.5 Å². The minimum absolute atomic E-state index is 0.0806. The number of esters is 2. The summed E-state index contributed by atoms with van der Waals surface area (Å²) in [5.41, 5.74) is -4.80. The second-order valence-electron chi connectivity index (χ2n) is 15.3. The molecule has 5 saturated carbocycles. The van der Waals surface area contributed by atoms with Gasteiger partial charge in [-0.1, -0.05) is 31.5 Å². The Morgan fingerprint density at radius 1 is 1.00 bits per heavy atom. The van der Waals surface area contributed by atoms with Gasteiger partial charge in [-0.05, 0) is 37.9 Å². The normalized spacial score (nSPS) is 48.3. The summed E-state index contributed by atoms with van der Waals surface area (Å²) in [6, 6.07) is 8.21. The number of piperidine rings is 1. The number of hydrogen-bond acceptors (Lipinski definition) is 12. The monoisotopic (exact) mass is 673 g/mol. The summed E-state index contributed by atoms with van der Waals surface area (Å²) in [7, 11) is 8.28. The number of likely N-dealkylation sites (tertiary alicyclic amines) is 1. The summed E-state index contributed by atoms with van der Waals surface area (Å²) in [4.78, 5) is 30.0. The molecule has 7 rings (SSSR count). The Balaban J connectivity index is 1.51. The fraction of sp³-hybridized carbons (Fsp3) is 0.778. The van der Waals surface area contributed by atoms with Gasteiger partial charge in [0.15, 0.2) is 5.60 Å². The first-order valence-electron chi connectivity index (χ1n) is 17.3. The van der Waals surface area contributed by atoms with Gasteiger partial charge in [-0.25, -0.2) is 4.79 Å². The standard InChI is InChI=1S/C36H51NO11/c1-7-8-14-23(39)48-36-24-20(16-34(42,31(46-6)29(36)40)30(24)47-32(41)19-12-10-9-11-13-19)35-22(44-4)15-21(38)33(18-43-3)17-37(2)28(35)25(36)26(45-5)27(33)35/h9-13,20-22,24-31,38,40,42H,7-8,14-18H2,1-6H3/t20-,21-,22+,24-,25+,26+,27-,28?,29+,30-,31+,33+,34-,35+,36-/m1/s1. The molecule has 3 N–H and O–H groups in total. The molecule has 1 aliphatic heterocycles. The van der Waals surface area contributed by atoms with Gasteiger partial charge in [-0.15, -0.1) is 0 Å². The average molecular weight is 674 g/mol. The zero-order chi connectivity index (χ0) is 34.4. The Kier molecular flexibility index (Phi) is 8.55. The first-order chi connectivity index (χ1) is 23.0. The molecule has 0 aromatic heterocycles. The van der Waals surface area contributed by atoms with E-state index in [0.29, 0.717) is 24.9 Å². The van der Waals surface area contributed by atoms with Gasteiger partial charge < -0.3 is 48.6 Å². The van der Waals surface area contributed by atoms with Crippen molar-refractivity contribution in [2.75, 3.05) is 48.6 Å². The number of nitrogens with zero attached hydrogens (tertiary/aromatic N) is 1. The van der Waals surface area contributed by atoms with Crippen molar-refractivity contribution in [2.45, 2.75) is 92.9 Å². The summed E-state index contributed by atoms with van der Waals surface area (Å²) in [5.74, 6) is -3.51. The molecule has 6 aliphatic rings. The molecule has 7 bridgehead atoms. The number of methoxy groups -OCH3 is 4. The van der Waals surface area contributed by atoms with Crippen molar-refractivity contribution in [3.05, 3.63) is 35.9 Å². The average Bonchev–Trinajstić information content (AvgIpc) is 3.46. The quantitative estimate of drug-likeness (QED) is 0.291. The summed E-state index contributed by atoms with van der Waals surface area (Å²) in [5, 5.41) is 37.5. The number of aliphatic hydroxyl groups excluding tert-OH is 2. The van der Waals surface area contributed by atoms with Gasteiger partial charge in [0.25, 0.3) is 0 Å². The number of carbonyl (C=O) groups is 2. The highest BCUT2D eigenvalue weighted by molar-refractivity contribution is 5.89. The van der Waals surface area contributed by atoms with Crippen molar-refractivity contribution in [3.63, 3.8) is 0 Å². The highest BCUT2D eigenvalue weighted by atomic mass is 16.6. The van der Waals surface area contributed by atoms with Gasteiger partial charge >= 0.3 is 11.9 Å². The fourth-order valence-corrected chi connectivity index (χ4v) is 12.5. The largest absolute Gasteiger partial charge is 0.455 e. The molecule has 1 aromatic carbocycles. The maximum atomic E-state index is 13.9. The zero-order valence-corrected chi connectivity index (χ0v) is 28.7. The first kappa shape index (κ1) is 34.3. The third-order valence-electron chi connectivity index (χ3n) is 13.6. The molecule has 1 spiro atoms. The van der Waals surface area contributed by atoms with Crippen LogP contribution in [0.2, 0.25) is 0 Å². The minimum atomic E-state index is -1.83. The van der Waals surface area contributed by atoms with Gasteiger partial charge in [0.2, 0.25) is 0 Å². The van der Waals surface area contributed by atoms with Gasteiger partial charge in [0.1, 0.15) is 23.9 Å². The lowest BCUT2D eigenvalue weighted by molar-refractivity contribution is -0.321. The van der Waals surface area contributed by atoms with Crippen LogP contribution < -0.4 is 0 Å². The van der Waals surface area contributed by atoms with Crippen molar-refractivity contribution >= 4 is 11.9 Å². The topological polar surface area (TPSA) is 153 Å². The third-order valence-corrected chi connectivity index (χ3v) is 13.6. The van der Waals surface area contributed by atoms with Crippen molar-refractivity contribution in [1.29, 1.82) is 0 Å². The number of aliphatic hydroxyl groups is 3. The molecule has 1 heterocycles. The highest BCUT2D eigenvalue weighted by Crippen LogP contribution is 2.80. The Morgan fingerprint density at radius 2 is 1.73 bits per heavy atom.